The Labute approximate surface area is 114 Å². The molecular weight excluding hydrogens is 248 g/mol. The van der Waals surface area contributed by atoms with E-state index in [2.05, 4.69) is 35.0 Å². The summed E-state index contributed by atoms with van der Waals surface area (Å²) in [6.45, 7) is 9.48. The maximum Gasteiger partial charge on any atom is 0.205 e. The molecule has 0 atom stereocenters. The van der Waals surface area contributed by atoms with Gasteiger partial charge in [-0.2, -0.15) is 4.37 Å². The molecule has 0 radical (unpaired) electrons. The third-order valence-corrected chi connectivity index (χ3v) is 3.33. The van der Waals surface area contributed by atoms with Gasteiger partial charge in [0.2, 0.25) is 5.13 Å². The van der Waals surface area contributed by atoms with Crippen LogP contribution in [0, 0.1) is 0 Å². The highest BCUT2D eigenvalue weighted by molar-refractivity contribution is 7.09. The van der Waals surface area contributed by atoms with Crippen LogP contribution < -0.4 is 10.6 Å². The number of hydrogen-bond donors (Lipinski definition) is 1. The fraction of sp³-hybridized carbons (Fsp3) is 0.833. The van der Waals surface area contributed by atoms with Crippen LogP contribution in [0.25, 0.3) is 0 Å². The molecule has 5 nitrogen and oxygen atoms in total. The molecular formula is C12H24N4OS. The number of nitrogens with two attached hydrogens (primary N) is 1. The van der Waals surface area contributed by atoms with E-state index >= 15 is 0 Å². The van der Waals surface area contributed by atoms with Crippen molar-refractivity contribution in [3.05, 3.63) is 5.82 Å². The van der Waals surface area contributed by atoms with E-state index in [9.17, 15) is 0 Å². The van der Waals surface area contributed by atoms with Gasteiger partial charge < -0.3 is 15.4 Å². The molecule has 6 heteroatoms. The first-order chi connectivity index (χ1) is 8.49. The highest BCUT2D eigenvalue weighted by Crippen LogP contribution is 2.25. The van der Waals surface area contributed by atoms with Crippen molar-refractivity contribution in [2.45, 2.75) is 32.6 Å². The van der Waals surface area contributed by atoms with Crippen molar-refractivity contribution in [2.24, 2.45) is 5.73 Å². The topological polar surface area (TPSA) is 64.3 Å². The second-order valence-corrected chi connectivity index (χ2v) is 6.00. The van der Waals surface area contributed by atoms with Crippen LogP contribution in [-0.4, -0.2) is 42.7 Å². The fourth-order valence-corrected chi connectivity index (χ4v) is 2.34. The molecule has 1 aromatic rings. The molecule has 104 valence electrons. The lowest BCUT2D eigenvalue weighted by Crippen LogP contribution is -2.29. The minimum atomic E-state index is -0.00442. The van der Waals surface area contributed by atoms with Crippen molar-refractivity contribution < 1.29 is 4.74 Å². The predicted octanol–water partition coefficient (Wildman–Crippen LogP) is 1.64. The normalized spacial score (nSPS) is 11.8. The average molecular weight is 272 g/mol. The summed E-state index contributed by atoms with van der Waals surface area (Å²) in [6.07, 6.45) is 0.953. The number of aromatic nitrogens is 2. The van der Waals surface area contributed by atoms with Gasteiger partial charge in [0.15, 0.2) is 0 Å². The minimum Gasteiger partial charge on any atom is -0.383 e. The second kappa shape index (κ2) is 7.01. The van der Waals surface area contributed by atoms with Crippen molar-refractivity contribution in [3.63, 3.8) is 0 Å². The summed E-state index contributed by atoms with van der Waals surface area (Å²) in [4.78, 5) is 6.82. The van der Waals surface area contributed by atoms with Crippen LogP contribution in [0.1, 0.15) is 33.0 Å². The van der Waals surface area contributed by atoms with E-state index in [1.807, 2.05) is 0 Å². The van der Waals surface area contributed by atoms with E-state index in [-0.39, 0.29) is 5.41 Å². The van der Waals surface area contributed by atoms with E-state index in [1.54, 1.807) is 7.11 Å². The van der Waals surface area contributed by atoms with Gasteiger partial charge in [-0.25, -0.2) is 4.98 Å². The van der Waals surface area contributed by atoms with Crippen LogP contribution in [0.2, 0.25) is 0 Å². The molecule has 0 aromatic carbocycles. The predicted molar refractivity (Wildman–Crippen MR) is 76.4 cm³/mol. The number of nitrogens with zero attached hydrogens (tertiary/aromatic N) is 3. The summed E-state index contributed by atoms with van der Waals surface area (Å²) in [5, 5.41) is 0.963. The Morgan fingerprint density at radius 3 is 2.56 bits per heavy atom. The molecule has 0 aliphatic carbocycles. The average Bonchev–Trinajstić information content (AvgIpc) is 2.78. The molecule has 0 aliphatic heterocycles. The summed E-state index contributed by atoms with van der Waals surface area (Å²) < 4.78 is 9.57. The minimum absolute atomic E-state index is 0.00442. The zero-order valence-corrected chi connectivity index (χ0v) is 12.6. The van der Waals surface area contributed by atoms with Gasteiger partial charge in [0.05, 0.1) is 6.61 Å². The van der Waals surface area contributed by atoms with Crippen LogP contribution in [0.5, 0.6) is 0 Å². The maximum absolute atomic E-state index is 5.57. The molecule has 1 aromatic heterocycles. The van der Waals surface area contributed by atoms with Crippen molar-refractivity contribution in [1.29, 1.82) is 0 Å². The molecule has 0 aliphatic rings. The molecule has 1 heterocycles. The molecule has 18 heavy (non-hydrogen) atoms. The number of hydrogen-bond acceptors (Lipinski definition) is 6. The summed E-state index contributed by atoms with van der Waals surface area (Å²) in [6, 6.07) is 0. The van der Waals surface area contributed by atoms with Crippen LogP contribution in [-0.2, 0) is 10.2 Å². The van der Waals surface area contributed by atoms with E-state index in [4.69, 9.17) is 10.5 Å². The van der Waals surface area contributed by atoms with Gasteiger partial charge in [0, 0.05) is 37.1 Å². The van der Waals surface area contributed by atoms with Gasteiger partial charge in [-0.15, -0.1) is 0 Å². The molecule has 0 spiro atoms. The molecule has 0 saturated carbocycles. The van der Waals surface area contributed by atoms with Crippen molar-refractivity contribution in [3.8, 4) is 0 Å². The van der Waals surface area contributed by atoms with E-state index in [1.165, 1.54) is 11.5 Å². The van der Waals surface area contributed by atoms with E-state index < -0.39 is 0 Å². The SMILES string of the molecule is COCCN(CCCN)c1nc(C(C)(C)C)ns1. The van der Waals surface area contributed by atoms with Gasteiger partial charge in [0.1, 0.15) is 5.82 Å². The third kappa shape index (κ3) is 4.51. The smallest absolute Gasteiger partial charge is 0.205 e. The molecule has 0 bridgehead atoms. The second-order valence-electron chi connectivity index (χ2n) is 5.27. The number of rotatable bonds is 7. The maximum atomic E-state index is 5.57. The summed E-state index contributed by atoms with van der Waals surface area (Å²) >= 11 is 1.45. The van der Waals surface area contributed by atoms with Crippen molar-refractivity contribution in [2.75, 3.05) is 38.3 Å². The Morgan fingerprint density at radius 1 is 1.33 bits per heavy atom. The standard InChI is InChI=1S/C12H24N4OS/c1-12(2,3)10-14-11(18-15-10)16(7-5-6-13)8-9-17-4/h5-9,13H2,1-4H3. The third-order valence-electron chi connectivity index (χ3n) is 2.55. The highest BCUT2D eigenvalue weighted by atomic mass is 32.1. The Kier molecular flexibility index (Phi) is 5.98. The molecule has 0 unspecified atom stereocenters. The Morgan fingerprint density at radius 2 is 2.06 bits per heavy atom. The summed E-state index contributed by atoms with van der Waals surface area (Å²) in [7, 11) is 1.71. The van der Waals surface area contributed by atoms with Crippen LogP contribution >= 0.6 is 11.5 Å². The zero-order chi connectivity index (χ0) is 13.6. The monoisotopic (exact) mass is 272 g/mol. The molecule has 1 rings (SSSR count). The van der Waals surface area contributed by atoms with E-state index in [0.717, 1.165) is 30.5 Å². The zero-order valence-electron chi connectivity index (χ0n) is 11.8. The lowest BCUT2D eigenvalue weighted by Gasteiger charge is -2.20. The molecule has 0 saturated heterocycles. The van der Waals surface area contributed by atoms with Crippen molar-refractivity contribution >= 4 is 16.7 Å². The summed E-state index contributed by atoms with van der Waals surface area (Å²) in [5.74, 6) is 0.901. The van der Waals surface area contributed by atoms with Gasteiger partial charge in [-0.3, -0.25) is 0 Å². The van der Waals surface area contributed by atoms with E-state index in [0.29, 0.717) is 13.2 Å². The summed E-state index contributed by atoms with van der Waals surface area (Å²) in [5.41, 5.74) is 5.56. The van der Waals surface area contributed by atoms with Gasteiger partial charge in [-0.1, -0.05) is 20.8 Å². The van der Waals surface area contributed by atoms with Crippen LogP contribution in [0.4, 0.5) is 5.13 Å². The van der Waals surface area contributed by atoms with Crippen LogP contribution in [0.3, 0.4) is 0 Å². The first kappa shape index (κ1) is 15.3. The molecule has 2 N–H and O–H groups in total. The number of ether oxygens (including phenoxy) is 1. The highest BCUT2D eigenvalue weighted by Gasteiger charge is 2.21. The largest absolute Gasteiger partial charge is 0.383 e. The number of anilines is 1. The first-order valence-electron chi connectivity index (χ1n) is 6.27. The first-order valence-corrected chi connectivity index (χ1v) is 7.04. The van der Waals surface area contributed by atoms with Crippen LogP contribution in [0.15, 0.2) is 0 Å². The van der Waals surface area contributed by atoms with Gasteiger partial charge in [0.25, 0.3) is 0 Å². The Balaban J connectivity index is 2.74. The molecule has 0 amide bonds. The van der Waals surface area contributed by atoms with Crippen molar-refractivity contribution in [1.82, 2.24) is 9.36 Å². The van der Waals surface area contributed by atoms with Gasteiger partial charge >= 0.3 is 0 Å². The Hall–Kier alpha value is -0.720. The lowest BCUT2D eigenvalue weighted by atomic mass is 9.96. The number of methoxy groups -OCH3 is 1. The van der Waals surface area contributed by atoms with Gasteiger partial charge in [-0.05, 0) is 13.0 Å². The fourth-order valence-electron chi connectivity index (χ4n) is 1.44. The molecule has 0 fully saturated rings. The lowest BCUT2D eigenvalue weighted by molar-refractivity contribution is 0.205. The quantitative estimate of drug-likeness (QED) is 0.817. The Bertz CT molecular complexity index is 340.